The molecule has 8 nitrogen and oxygen atoms in total. The zero-order valence-corrected chi connectivity index (χ0v) is 16.5. The molecule has 1 aromatic heterocycles. The molecule has 2 saturated carbocycles. The largest absolute Gasteiger partial charge is 0.457 e. The molecule has 0 spiro atoms. The van der Waals surface area contributed by atoms with Crippen molar-refractivity contribution in [3.63, 3.8) is 0 Å². The van der Waals surface area contributed by atoms with Gasteiger partial charge in [-0.05, 0) is 38.7 Å². The Morgan fingerprint density at radius 2 is 2.00 bits per heavy atom. The first-order valence-electron chi connectivity index (χ1n) is 9.70. The molecule has 2 aliphatic carbocycles. The maximum absolute atomic E-state index is 12.5. The monoisotopic (exact) mass is 390 g/mol. The molecule has 3 rings (SSSR count). The minimum absolute atomic E-state index is 0.134. The number of ether oxygens (including phenoxy) is 1. The summed E-state index contributed by atoms with van der Waals surface area (Å²) in [6.07, 6.45) is 2.24. The molecule has 0 aromatic carbocycles. The highest BCUT2D eigenvalue weighted by Crippen LogP contribution is 2.38. The molecule has 8 heteroatoms. The fraction of sp³-hybridized carbons (Fsp3) is 0.650. The smallest absolute Gasteiger partial charge is 0.306 e. The van der Waals surface area contributed by atoms with Gasteiger partial charge in [0.15, 0.2) is 6.61 Å². The van der Waals surface area contributed by atoms with E-state index in [1.54, 1.807) is 6.92 Å². The number of hydrogen-bond donors (Lipinski definition) is 0. The lowest BCUT2D eigenvalue weighted by Gasteiger charge is -2.17. The van der Waals surface area contributed by atoms with Crippen molar-refractivity contribution in [3.05, 3.63) is 33.1 Å². The van der Waals surface area contributed by atoms with Crippen molar-refractivity contribution in [2.24, 2.45) is 17.8 Å². The Morgan fingerprint density at radius 1 is 1.32 bits per heavy atom. The second kappa shape index (κ2) is 7.85. The van der Waals surface area contributed by atoms with E-state index < -0.39 is 22.7 Å². The minimum atomic E-state index is -0.706. The zero-order valence-electron chi connectivity index (χ0n) is 16.5. The summed E-state index contributed by atoms with van der Waals surface area (Å²) in [6.45, 7) is 4.91. The standard InChI is InChI=1S/C20H26N2O6/c1-11-6-18(23)16(17(11)9-21(26)27)8-20(25)28-10-19(24)15-7-12(2)22(13(15)3)14-4-5-14/h7,11,14,16-17H,4-6,8-10H2,1-3H3/t11-,16+,17+/m1/s1. The first-order chi connectivity index (χ1) is 13.2. The summed E-state index contributed by atoms with van der Waals surface area (Å²) in [5.41, 5.74) is 2.45. The number of ketones is 2. The Morgan fingerprint density at radius 3 is 2.61 bits per heavy atom. The summed E-state index contributed by atoms with van der Waals surface area (Å²) < 4.78 is 7.27. The average molecular weight is 390 g/mol. The number of aryl methyl sites for hydroxylation is 1. The lowest BCUT2D eigenvalue weighted by atomic mass is 9.88. The number of esters is 1. The molecule has 28 heavy (non-hydrogen) atoms. The molecular weight excluding hydrogens is 364 g/mol. The van der Waals surface area contributed by atoms with Crippen molar-refractivity contribution in [1.82, 2.24) is 4.57 Å². The van der Waals surface area contributed by atoms with Crippen LogP contribution in [0.1, 0.15) is 60.4 Å². The van der Waals surface area contributed by atoms with Crippen LogP contribution < -0.4 is 0 Å². The molecule has 0 unspecified atom stereocenters. The Labute approximate surface area is 163 Å². The number of Topliss-reactive ketones (excluding diaryl/α,β-unsaturated/α-hetero) is 2. The van der Waals surface area contributed by atoms with Gasteiger partial charge in [0.25, 0.3) is 0 Å². The van der Waals surface area contributed by atoms with Crippen LogP contribution in [0.5, 0.6) is 0 Å². The van der Waals surface area contributed by atoms with Crippen LogP contribution in [0, 0.1) is 41.7 Å². The van der Waals surface area contributed by atoms with Crippen LogP contribution >= 0.6 is 0 Å². The highest BCUT2D eigenvalue weighted by molar-refractivity contribution is 5.99. The van der Waals surface area contributed by atoms with Gasteiger partial charge in [-0.25, -0.2) is 0 Å². The van der Waals surface area contributed by atoms with Crippen LogP contribution in [-0.2, 0) is 14.3 Å². The Kier molecular flexibility index (Phi) is 5.67. The molecule has 2 aliphatic rings. The van der Waals surface area contributed by atoms with E-state index in [0.29, 0.717) is 11.6 Å². The van der Waals surface area contributed by atoms with Crippen LogP contribution in [0.25, 0.3) is 0 Å². The Balaban J connectivity index is 1.58. The third kappa shape index (κ3) is 4.15. The van der Waals surface area contributed by atoms with Gasteiger partial charge in [0.1, 0.15) is 5.78 Å². The summed E-state index contributed by atoms with van der Waals surface area (Å²) in [5.74, 6) is -2.39. The maximum Gasteiger partial charge on any atom is 0.306 e. The van der Waals surface area contributed by atoms with Gasteiger partial charge < -0.3 is 9.30 Å². The molecular formula is C20H26N2O6. The first-order valence-corrected chi connectivity index (χ1v) is 9.70. The topological polar surface area (TPSA) is 109 Å². The van der Waals surface area contributed by atoms with Crippen molar-refractivity contribution >= 4 is 17.5 Å². The number of carbonyl (C=O) groups is 3. The van der Waals surface area contributed by atoms with Crippen molar-refractivity contribution in [1.29, 1.82) is 0 Å². The predicted molar refractivity (Wildman–Crippen MR) is 99.7 cm³/mol. The molecule has 152 valence electrons. The average Bonchev–Trinajstić information content (AvgIpc) is 3.35. The van der Waals surface area contributed by atoms with E-state index in [1.165, 1.54) is 0 Å². The molecule has 2 fully saturated rings. The van der Waals surface area contributed by atoms with Gasteiger partial charge in [-0.2, -0.15) is 0 Å². The number of carbonyl (C=O) groups excluding carboxylic acids is 3. The van der Waals surface area contributed by atoms with Gasteiger partial charge in [0.05, 0.1) is 6.42 Å². The van der Waals surface area contributed by atoms with Gasteiger partial charge >= 0.3 is 5.97 Å². The second-order valence-corrected chi connectivity index (χ2v) is 8.11. The maximum atomic E-state index is 12.5. The minimum Gasteiger partial charge on any atom is -0.457 e. The predicted octanol–water partition coefficient (Wildman–Crippen LogP) is 2.67. The summed E-state index contributed by atoms with van der Waals surface area (Å²) >= 11 is 0. The van der Waals surface area contributed by atoms with E-state index in [2.05, 4.69) is 4.57 Å². The molecule has 0 aliphatic heterocycles. The van der Waals surface area contributed by atoms with Crippen molar-refractivity contribution in [2.75, 3.05) is 13.2 Å². The van der Waals surface area contributed by atoms with E-state index in [0.717, 1.165) is 24.2 Å². The highest BCUT2D eigenvalue weighted by atomic mass is 16.6. The molecule has 0 N–H and O–H groups in total. The molecule has 0 saturated heterocycles. The van der Waals surface area contributed by atoms with Gasteiger partial charge in [0.2, 0.25) is 12.3 Å². The summed E-state index contributed by atoms with van der Waals surface area (Å²) in [4.78, 5) is 47.2. The summed E-state index contributed by atoms with van der Waals surface area (Å²) in [6, 6.07) is 2.28. The van der Waals surface area contributed by atoms with Gasteiger partial charge in [-0.3, -0.25) is 24.5 Å². The molecule has 0 bridgehead atoms. The number of aromatic nitrogens is 1. The Bertz CT molecular complexity index is 823. The number of hydrogen-bond acceptors (Lipinski definition) is 6. The molecule has 0 amide bonds. The van der Waals surface area contributed by atoms with Crippen LogP contribution in [0.3, 0.4) is 0 Å². The van der Waals surface area contributed by atoms with Crippen molar-refractivity contribution in [3.8, 4) is 0 Å². The quantitative estimate of drug-likeness (QED) is 0.292. The van der Waals surface area contributed by atoms with Crippen molar-refractivity contribution < 1.29 is 24.0 Å². The molecule has 1 aromatic rings. The fourth-order valence-corrected chi connectivity index (χ4v) is 4.42. The van der Waals surface area contributed by atoms with Crippen LogP contribution in [0.4, 0.5) is 0 Å². The number of rotatable bonds is 8. The van der Waals surface area contributed by atoms with E-state index in [1.807, 2.05) is 19.9 Å². The lowest BCUT2D eigenvalue weighted by molar-refractivity contribution is -0.490. The SMILES string of the molecule is Cc1cc(C(=O)COC(=O)C[C@@H]2C(=O)C[C@@H](C)[C@@H]2C[N+](=O)[O-])c(C)n1C1CC1. The van der Waals surface area contributed by atoms with Crippen LogP contribution in [-0.4, -0.2) is 40.2 Å². The van der Waals surface area contributed by atoms with Gasteiger partial charge in [-0.15, -0.1) is 0 Å². The number of nitro groups is 1. The summed E-state index contributed by atoms with van der Waals surface area (Å²) in [5, 5.41) is 10.9. The lowest BCUT2D eigenvalue weighted by Crippen LogP contribution is -2.28. The molecule has 0 radical (unpaired) electrons. The first kappa shape index (κ1) is 20.2. The summed E-state index contributed by atoms with van der Waals surface area (Å²) in [7, 11) is 0. The zero-order chi connectivity index (χ0) is 20.6. The van der Waals surface area contributed by atoms with E-state index >= 15 is 0 Å². The fourth-order valence-electron chi connectivity index (χ4n) is 4.42. The molecule has 1 heterocycles. The van der Waals surface area contributed by atoms with E-state index in [9.17, 15) is 24.5 Å². The Hall–Kier alpha value is -2.51. The highest BCUT2D eigenvalue weighted by Gasteiger charge is 2.44. The van der Waals surface area contributed by atoms with Crippen molar-refractivity contribution in [2.45, 2.75) is 52.5 Å². The van der Waals surface area contributed by atoms with Gasteiger partial charge in [-0.1, -0.05) is 6.92 Å². The second-order valence-electron chi connectivity index (χ2n) is 8.11. The van der Waals surface area contributed by atoms with E-state index in [4.69, 9.17) is 4.74 Å². The number of nitrogens with zero attached hydrogens (tertiary/aromatic N) is 2. The third-order valence-corrected chi connectivity index (χ3v) is 5.99. The van der Waals surface area contributed by atoms with Gasteiger partial charge in [0, 0.05) is 46.2 Å². The van der Waals surface area contributed by atoms with Crippen LogP contribution in [0.2, 0.25) is 0 Å². The molecule has 3 atom stereocenters. The third-order valence-electron chi connectivity index (χ3n) is 5.99. The van der Waals surface area contributed by atoms with E-state index in [-0.39, 0.29) is 43.5 Å². The van der Waals surface area contributed by atoms with Crippen LogP contribution in [0.15, 0.2) is 6.07 Å². The normalized spacial score (nSPS) is 24.4.